The van der Waals surface area contributed by atoms with E-state index in [1.54, 1.807) is 12.1 Å². The van der Waals surface area contributed by atoms with Crippen molar-refractivity contribution in [3.63, 3.8) is 0 Å². The molecule has 0 unspecified atom stereocenters. The van der Waals surface area contributed by atoms with E-state index in [0.717, 1.165) is 6.42 Å². The van der Waals surface area contributed by atoms with Gasteiger partial charge in [-0.15, -0.1) is 0 Å². The van der Waals surface area contributed by atoms with Crippen molar-refractivity contribution in [2.75, 3.05) is 6.61 Å². The van der Waals surface area contributed by atoms with Crippen LogP contribution in [-0.4, -0.2) is 22.2 Å². The highest BCUT2D eigenvalue weighted by molar-refractivity contribution is 5.75. The van der Waals surface area contributed by atoms with E-state index in [0.29, 0.717) is 12.5 Å². The highest BCUT2D eigenvalue weighted by Crippen LogP contribution is 2.15. The zero-order chi connectivity index (χ0) is 14.6. The third-order valence-electron chi connectivity index (χ3n) is 2.99. The summed E-state index contributed by atoms with van der Waals surface area (Å²) in [7, 11) is 0. The molecule has 1 N–H and O–H groups in total. The van der Waals surface area contributed by atoms with Crippen LogP contribution in [0.25, 0.3) is 0 Å². The second-order valence-electron chi connectivity index (χ2n) is 5.44. The predicted molar refractivity (Wildman–Crippen MR) is 72.6 cm³/mol. The number of hydrogen-bond acceptors (Lipinski definition) is 3. The minimum absolute atomic E-state index is 0.192. The Hall–Kier alpha value is -1.78. The van der Waals surface area contributed by atoms with Crippen LogP contribution in [0.2, 0.25) is 0 Å². The zero-order valence-corrected chi connectivity index (χ0v) is 11.8. The van der Waals surface area contributed by atoms with Crippen LogP contribution < -0.4 is 10.3 Å². The molecule has 0 aromatic carbocycles. The van der Waals surface area contributed by atoms with Gasteiger partial charge in [0.1, 0.15) is 5.54 Å². The largest absolute Gasteiger partial charge is 0.488 e. The number of hydrogen-bond donors (Lipinski definition) is 1. The van der Waals surface area contributed by atoms with E-state index >= 15 is 0 Å². The summed E-state index contributed by atoms with van der Waals surface area (Å²) < 4.78 is 6.62. The Morgan fingerprint density at radius 2 is 2.11 bits per heavy atom. The minimum Gasteiger partial charge on any atom is -0.488 e. The van der Waals surface area contributed by atoms with E-state index in [1.807, 2.05) is 0 Å². The third-order valence-corrected chi connectivity index (χ3v) is 2.99. The molecule has 0 saturated heterocycles. The number of carboxylic acid groups (broad SMARTS) is 1. The summed E-state index contributed by atoms with van der Waals surface area (Å²) >= 11 is 0. The number of aliphatic carboxylic acids is 1. The summed E-state index contributed by atoms with van der Waals surface area (Å²) in [4.78, 5) is 23.4. The van der Waals surface area contributed by atoms with E-state index < -0.39 is 17.1 Å². The number of ether oxygens (including phenoxy) is 1. The smallest absolute Gasteiger partial charge is 0.329 e. The van der Waals surface area contributed by atoms with Crippen molar-refractivity contribution >= 4 is 5.97 Å². The Kier molecular flexibility index (Phi) is 4.75. The van der Waals surface area contributed by atoms with Gasteiger partial charge in [-0.25, -0.2) is 4.79 Å². The van der Waals surface area contributed by atoms with Gasteiger partial charge in [-0.05, 0) is 38.3 Å². The van der Waals surface area contributed by atoms with E-state index in [1.165, 1.54) is 24.6 Å². The average molecular weight is 267 g/mol. The first-order valence-electron chi connectivity index (χ1n) is 6.35. The quantitative estimate of drug-likeness (QED) is 0.857. The molecule has 0 aliphatic heterocycles. The fourth-order valence-electron chi connectivity index (χ4n) is 1.53. The number of rotatable bonds is 6. The predicted octanol–water partition coefficient (Wildman–Crippen LogP) is 2.09. The Labute approximate surface area is 112 Å². The molecule has 1 aromatic heterocycles. The van der Waals surface area contributed by atoms with E-state index in [4.69, 9.17) is 9.84 Å². The first-order valence-corrected chi connectivity index (χ1v) is 6.35. The van der Waals surface area contributed by atoms with Crippen LogP contribution in [0, 0.1) is 5.92 Å². The van der Waals surface area contributed by atoms with E-state index in [9.17, 15) is 9.59 Å². The first-order chi connectivity index (χ1) is 8.76. The molecule has 0 aliphatic carbocycles. The lowest BCUT2D eigenvalue weighted by Crippen LogP contribution is -2.42. The van der Waals surface area contributed by atoms with Crippen LogP contribution in [0.3, 0.4) is 0 Å². The lowest BCUT2D eigenvalue weighted by atomic mass is 10.1. The van der Waals surface area contributed by atoms with Gasteiger partial charge in [-0.2, -0.15) is 0 Å². The van der Waals surface area contributed by atoms with Crippen LogP contribution in [-0.2, 0) is 10.3 Å². The van der Waals surface area contributed by atoms with Gasteiger partial charge in [0.25, 0.3) is 5.56 Å². The maximum atomic E-state index is 12.2. The number of pyridine rings is 1. The van der Waals surface area contributed by atoms with Crippen molar-refractivity contribution in [3.8, 4) is 5.75 Å². The summed E-state index contributed by atoms with van der Waals surface area (Å²) in [6.45, 7) is 7.55. The summed E-state index contributed by atoms with van der Waals surface area (Å²) in [5.74, 6) is -0.382. The standard InChI is InChI=1S/C14H21NO4/c1-10(2)7-9-19-11-6-5-8-15(12(11)16)14(3,4)13(17)18/h5-6,8,10H,7,9H2,1-4H3,(H,17,18). The van der Waals surface area contributed by atoms with Crippen molar-refractivity contribution < 1.29 is 14.6 Å². The van der Waals surface area contributed by atoms with Crippen LogP contribution in [0.1, 0.15) is 34.1 Å². The number of aromatic nitrogens is 1. The number of carbonyl (C=O) groups is 1. The Balaban J connectivity index is 2.99. The van der Waals surface area contributed by atoms with Crippen LogP contribution >= 0.6 is 0 Å². The van der Waals surface area contributed by atoms with Gasteiger partial charge >= 0.3 is 5.97 Å². The van der Waals surface area contributed by atoms with Gasteiger partial charge in [-0.1, -0.05) is 13.8 Å². The van der Waals surface area contributed by atoms with Gasteiger partial charge in [0, 0.05) is 6.20 Å². The van der Waals surface area contributed by atoms with Gasteiger partial charge in [0.15, 0.2) is 5.75 Å². The second-order valence-corrected chi connectivity index (χ2v) is 5.44. The van der Waals surface area contributed by atoms with E-state index in [2.05, 4.69) is 13.8 Å². The van der Waals surface area contributed by atoms with Gasteiger partial charge < -0.3 is 9.84 Å². The molecule has 0 aliphatic rings. The SMILES string of the molecule is CC(C)CCOc1cccn(C(C)(C)C(=O)O)c1=O. The highest BCUT2D eigenvalue weighted by atomic mass is 16.5. The molecule has 5 heteroatoms. The van der Waals surface area contributed by atoms with Crippen molar-refractivity contribution in [2.45, 2.75) is 39.7 Å². The van der Waals surface area contributed by atoms with Crippen molar-refractivity contribution in [3.05, 3.63) is 28.7 Å². The van der Waals surface area contributed by atoms with Crippen LogP contribution in [0.5, 0.6) is 5.75 Å². The summed E-state index contributed by atoms with van der Waals surface area (Å²) in [5.41, 5.74) is -1.72. The fraction of sp³-hybridized carbons (Fsp3) is 0.571. The summed E-state index contributed by atoms with van der Waals surface area (Å²) in [6.07, 6.45) is 2.31. The summed E-state index contributed by atoms with van der Waals surface area (Å²) in [6, 6.07) is 3.19. The van der Waals surface area contributed by atoms with Gasteiger partial charge in [0.05, 0.1) is 6.61 Å². The Morgan fingerprint density at radius 1 is 1.47 bits per heavy atom. The zero-order valence-electron chi connectivity index (χ0n) is 11.8. The maximum absolute atomic E-state index is 12.2. The number of carboxylic acids is 1. The van der Waals surface area contributed by atoms with Crippen molar-refractivity contribution in [1.29, 1.82) is 0 Å². The van der Waals surface area contributed by atoms with Crippen molar-refractivity contribution in [1.82, 2.24) is 4.57 Å². The third kappa shape index (κ3) is 3.59. The molecule has 0 saturated carbocycles. The highest BCUT2D eigenvalue weighted by Gasteiger charge is 2.30. The molecule has 1 heterocycles. The minimum atomic E-state index is -1.30. The summed E-state index contributed by atoms with van der Waals surface area (Å²) in [5, 5.41) is 9.16. The molecule has 0 radical (unpaired) electrons. The molecule has 0 spiro atoms. The normalized spacial score (nSPS) is 11.6. The molecular weight excluding hydrogens is 246 g/mol. The molecule has 5 nitrogen and oxygen atoms in total. The second kappa shape index (κ2) is 5.91. The Bertz CT molecular complexity index is 502. The lowest BCUT2D eigenvalue weighted by Gasteiger charge is -2.23. The molecule has 0 bridgehead atoms. The lowest BCUT2D eigenvalue weighted by molar-refractivity contribution is -0.145. The topological polar surface area (TPSA) is 68.5 Å². The molecule has 19 heavy (non-hydrogen) atoms. The van der Waals surface area contributed by atoms with Crippen LogP contribution in [0.4, 0.5) is 0 Å². The Morgan fingerprint density at radius 3 is 2.63 bits per heavy atom. The van der Waals surface area contributed by atoms with Gasteiger partial charge in [0.2, 0.25) is 0 Å². The number of nitrogens with zero attached hydrogens (tertiary/aromatic N) is 1. The average Bonchev–Trinajstić information content (AvgIpc) is 2.30. The van der Waals surface area contributed by atoms with E-state index in [-0.39, 0.29) is 5.75 Å². The first kappa shape index (κ1) is 15.3. The maximum Gasteiger partial charge on any atom is 0.329 e. The fourth-order valence-corrected chi connectivity index (χ4v) is 1.53. The van der Waals surface area contributed by atoms with Crippen molar-refractivity contribution in [2.24, 2.45) is 5.92 Å². The monoisotopic (exact) mass is 267 g/mol. The molecular formula is C14H21NO4. The van der Waals surface area contributed by atoms with Crippen LogP contribution in [0.15, 0.2) is 23.1 Å². The molecule has 0 atom stereocenters. The molecule has 1 rings (SSSR count). The molecule has 0 fully saturated rings. The molecule has 1 aromatic rings. The van der Waals surface area contributed by atoms with Gasteiger partial charge in [-0.3, -0.25) is 9.36 Å². The molecule has 0 amide bonds. The molecule has 106 valence electrons.